The van der Waals surface area contributed by atoms with Gasteiger partial charge in [0.25, 0.3) is 0 Å². The summed E-state index contributed by atoms with van der Waals surface area (Å²) in [6.45, 7) is 4.15. The molecule has 1 N–H and O–H groups in total. The maximum atomic E-state index is 13.7. The Bertz CT molecular complexity index is 1200. The lowest BCUT2D eigenvalue weighted by Gasteiger charge is -2.35. The molecule has 1 heterocycles. The second-order valence-electron chi connectivity index (χ2n) is 9.27. The number of carbonyl (C=O) groups is 3. The largest absolute Gasteiger partial charge is 0.347 e. The van der Waals surface area contributed by atoms with Gasteiger partial charge in [-0.05, 0) is 60.6 Å². The van der Waals surface area contributed by atoms with Crippen molar-refractivity contribution in [3.63, 3.8) is 0 Å². The number of nitrogens with one attached hydrogen (secondary N) is 1. The highest BCUT2D eigenvalue weighted by molar-refractivity contribution is 5.90. The van der Waals surface area contributed by atoms with E-state index in [1.165, 1.54) is 6.92 Å². The van der Waals surface area contributed by atoms with Crippen molar-refractivity contribution in [1.29, 1.82) is 0 Å². The summed E-state index contributed by atoms with van der Waals surface area (Å²) in [4.78, 5) is 40.4. The van der Waals surface area contributed by atoms with Crippen molar-refractivity contribution in [3.05, 3.63) is 95.6 Å². The minimum atomic E-state index is -0.724. The molecule has 3 aromatic rings. The van der Waals surface area contributed by atoms with Crippen molar-refractivity contribution in [2.24, 2.45) is 0 Å². The number of carbonyl (C=O) groups excluding carboxylic acids is 3. The normalized spacial score (nSPS) is 15.4. The first-order valence-electron chi connectivity index (χ1n) is 12.2. The number of ketones is 1. The van der Waals surface area contributed by atoms with E-state index in [1.807, 2.05) is 66.7 Å². The van der Waals surface area contributed by atoms with Crippen molar-refractivity contribution in [1.82, 2.24) is 10.2 Å². The smallest absolute Gasteiger partial charge is 0.247 e. The summed E-state index contributed by atoms with van der Waals surface area (Å²) >= 11 is 0. The molecule has 5 heteroatoms. The van der Waals surface area contributed by atoms with Crippen LogP contribution in [-0.2, 0) is 14.4 Å². The molecule has 1 fully saturated rings. The zero-order chi connectivity index (χ0) is 24.8. The fourth-order valence-corrected chi connectivity index (χ4v) is 4.82. The van der Waals surface area contributed by atoms with E-state index in [0.29, 0.717) is 13.0 Å². The average molecular weight is 469 g/mol. The van der Waals surface area contributed by atoms with Crippen LogP contribution >= 0.6 is 0 Å². The fraction of sp³-hybridized carbons (Fsp3) is 0.300. The maximum Gasteiger partial charge on any atom is 0.247 e. The lowest BCUT2D eigenvalue weighted by atomic mass is 9.94. The minimum absolute atomic E-state index is 0.00933. The molecule has 2 atom stereocenters. The van der Waals surface area contributed by atoms with Crippen molar-refractivity contribution in [2.75, 3.05) is 6.54 Å². The van der Waals surface area contributed by atoms with Gasteiger partial charge in [-0.1, -0.05) is 72.8 Å². The van der Waals surface area contributed by atoms with Crippen LogP contribution in [-0.4, -0.2) is 29.0 Å². The van der Waals surface area contributed by atoms with E-state index in [0.717, 1.165) is 40.7 Å². The van der Waals surface area contributed by atoms with E-state index in [9.17, 15) is 14.4 Å². The number of piperidine rings is 1. The van der Waals surface area contributed by atoms with Gasteiger partial charge >= 0.3 is 0 Å². The fourth-order valence-electron chi connectivity index (χ4n) is 4.82. The number of rotatable bonds is 8. The molecule has 4 rings (SSSR count). The Morgan fingerprint density at radius 1 is 0.914 bits per heavy atom. The molecule has 0 bridgehead atoms. The number of Topliss-reactive ketones (excluding diaryl/α,β-unsaturated/α-hetero) is 1. The van der Waals surface area contributed by atoms with Gasteiger partial charge in [-0.15, -0.1) is 0 Å². The van der Waals surface area contributed by atoms with Gasteiger partial charge in [-0.2, -0.15) is 0 Å². The Kier molecular flexibility index (Phi) is 7.76. The molecule has 1 saturated heterocycles. The number of hydrogen-bond acceptors (Lipinski definition) is 3. The first-order valence-corrected chi connectivity index (χ1v) is 12.2. The molecule has 1 unspecified atom stereocenters. The third-order valence-electron chi connectivity index (χ3n) is 6.59. The Morgan fingerprint density at radius 2 is 1.63 bits per heavy atom. The molecular weight excluding hydrogens is 436 g/mol. The van der Waals surface area contributed by atoms with Gasteiger partial charge in [0.05, 0.1) is 6.04 Å². The predicted molar refractivity (Wildman–Crippen MR) is 138 cm³/mol. The van der Waals surface area contributed by atoms with E-state index in [1.54, 1.807) is 4.90 Å². The van der Waals surface area contributed by atoms with E-state index < -0.39 is 12.1 Å². The molecule has 180 valence electrons. The van der Waals surface area contributed by atoms with Crippen molar-refractivity contribution in [3.8, 4) is 11.1 Å². The Labute approximate surface area is 207 Å². The molecule has 0 saturated carbocycles. The lowest BCUT2D eigenvalue weighted by Crippen LogP contribution is -2.46. The summed E-state index contributed by atoms with van der Waals surface area (Å²) in [7, 11) is 0. The van der Waals surface area contributed by atoms with E-state index in [2.05, 4.69) is 24.4 Å². The number of aryl methyl sites for hydroxylation is 1. The van der Waals surface area contributed by atoms with Gasteiger partial charge in [0.2, 0.25) is 11.8 Å². The summed E-state index contributed by atoms with van der Waals surface area (Å²) < 4.78 is 0. The van der Waals surface area contributed by atoms with Crippen LogP contribution in [0.4, 0.5) is 0 Å². The highest BCUT2D eigenvalue weighted by Crippen LogP contribution is 2.30. The number of benzene rings is 3. The zero-order valence-electron chi connectivity index (χ0n) is 20.4. The van der Waals surface area contributed by atoms with Gasteiger partial charge < -0.3 is 10.2 Å². The van der Waals surface area contributed by atoms with Crippen molar-refractivity contribution < 1.29 is 14.4 Å². The van der Waals surface area contributed by atoms with E-state index in [-0.39, 0.29) is 24.0 Å². The van der Waals surface area contributed by atoms with E-state index in [4.69, 9.17) is 0 Å². The third kappa shape index (κ3) is 5.86. The highest BCUT2D eigenvalue weighted by Gasteiger charge is 2.34. The molecule has 3 aromatic carbocycles. The van der Waals surface area contributed by atoms with Crippen LogP contribution in [0.25, 0.3) is 11.1 Å². The number of likely N-dealkylation sites (tertiary alicyclic amines) is 1. The van der Waals surface area contributed by atoms with Gasteiger partial charge in [0, 0.05) is 19.4 Å². The molecule has 5 nitrogen and oxygen atoms in total. The second kappa shape index (κ2) is 11.1. The molecule has 2 amide bonds. The molecule has 35 heavy (non-hydrogen) atoms. The van der Waals surface area contributed by atoms with Crippen LogP contribution in [0.3, 0.4) is 0 Å². The van der Waals surface area contributed by atoms with Crippen LogP contribution in [0, 0.1) is 6.92 Å². The minimum Gasteiger partial charge on any atom is -0.347 e. The van der Waals surface area contributed by atoms with Crippen molar-refractivity contribution >= 4 is 17.6 Å². The molecule has 0 aliphatic carbocycles. The molecule has 0 spiro atoms. The quantitative estimate of drug-likeness (QED) is 0.471. The summed E-state index contributed by atoms with van der Waals surface area (Å²) in [5.74, 6) is -0.286. The lowest BCUT2D eigenvalue weighted by molar-refractivity contribution is -0.143. The Morgan fingerprint density at radius 3 is 2.34 bits per heavy atom. The summed E-state index contributed by atoms with van der Waals surface area (Å²) in [6.07, 6.45) is 2.35. The monoisotopic (exact) mass is 468 g/mol. The van der Waals surface area contributed by atoms with Gasteiger partial charge in [-0.25, -0.2) is 0 Å². The first-order chi connectivity index (χ1) is 16.9. The van der Waals surface area contributed by atoms with Gasteiger partial charge in [0.15, 0.2) is 0 Å². The number of hydrogen-bond donors (Lipinski definition) is 1. The third-order valence-corrected chi connectivity index (χ3v) is 6.59. The standard InChI is InChI=1S/C30H32N2O3/c1-21-11-6-7-16-26(21)24-14-10-15-25(20-24)27(19-22(2)33)31-30(35)29(23-12-4-3-5-13-23)32-18-9-8-17-28(32)34/h3-7,10-16,20,27,29H,8-9,17-19H2,1-2H3,(H,31,35)/t27-,29?/m0/s1. The van der Waals surface area contributed by atoms with Crippen LogP contribution in [0.2, 0.25) is 0 Å². The molecule has 0 radical (unpaired) electrons. The molecule has 0 aromatic heterocycles. The van der Waals surface area contributed by atoms with Gasteiger partial charge in [-0.3, -0.25) is 14.4 Å². The zero-order valence-corrected chi connectivity index (χ0v) is 20.4. The second-order valence-corrected chi connectivity index (χ2v) is 9.27. The van der Waals surface area contributed by atoms with Crippen LogP contribution < -0.4 is 5.32 Å². The summed E-state index contributed by atoms with van der Waals surface area (Å²) in [5, 5.41) is 3.12. The first kappa shape index (κ1) is 24.4. The number of nitrogens with zero attached hydrogens (tertiary/aromatic N) is 1. The van der Waals surface area contributed by atoms with Crippen LogP contribution in [0.5, 0.6) is 0 Å². The molecule has 1 aliphatic rings. The van der Waals surface area contributed by atoms with E-state index >= 15 is 0 Å². The topological polar surface area (TPSA) is 66.5 Å². The Balaban J connectivity index is 1.66. The SMILES string of the molecule is CC(=O)C[C@H](NC(=O)C(c1ccccc1)N1CCCCC1=O)c1cccc(-c2ccccc2C)c1. The van der Waals surface area contributed by atoms with Crippen LogP contribution in [0.1, 0.15) is 61.4 Å². The van der Waals surface area contributed by atoms with Crippen molar-refractivity contribution in [2.45, 2.75) is 51.6 Å². The molecule has 1 aliphatic heterocycles. The average Bonchev–Trinajstić information content (AvgIpc) is 2.86. The Hall–Kier alpha value is -3.73. The summed E-state index contributed by atoms with van der Waals surface area (Å²) in [6, 6.07) is 24.3. The summed E-state index contributed by atoms with van der Waals surface area (Å²) in [5.41, 5.74) is 4.95. The number of amides is 2. The van der Waals surface area contributed by atoms with Gasteiger partial charge in [0.1, 0.15) is 11.8 Å². The maximum absolute atomic E-state index is 13.7. The molecular formula is C30H32N2O3. The van der Waals surface area contributed by atoms with Crippen LogP contribution in [0.15, 0.2) is 78.9 Å². The predicted octanol–water partition coefficient (Wildman–Crippen LogP) is 5.55. The highest BCUT2D eigenvalue weighted by atomic mass is 16.2.